The summed E-state index contributed by atoms with van der Waals surface area (Å²) in [6, 6.07) is 4.12. The Bertz CT molecular complexity index is 572. The van der Waals surface area contributed by atoms with E-state index in [-0.39, 0.29) is 6.42 Å². The van der Waals surface area contributed by atoms with Crippen molar-refractivity contribution in [3.63, 3.8) is 0 Å². The van der Waals surface area contributed by atoms with Crippen LogP contribution in [0.3, 0.4) is 0 Å². The van der Waals surface area contributed by atoms with Crippen molar-refractivity contribution >= 4 is 28.0 Å². The highest BCUT2D eigenvalue weighted by molar-refractivity contribution is 9.10. The third-order valence-corrected chi connectivity index (χ3v) is 3.25. The molecule has 1 aromatic carbocycles. The third kappa shape index (κ3) is 6.99. The van der Waals surface area contributed by atoms with Gasteiger partial charge in [-0.15, -0.1) is 0 Å². The number of carbonyl (C=O) groups is 2. The number of benzene rings is 1. The molecule has 0 aliphatic rings. The van der Waals surface area contributed by atoms with Crippen molar-refractivity contribution in [2.75, 3.05) is 7.11 Å². The zero-order valence-corrected chi connectivity index (χ0v) is 15.2. The maximum absolute atomic E-state index is 12.8. The molecule has 0 saturated carbocycles. The minimum absolute atomic E-state index is 0.165. The first-order chi connectivity index (χ1) is 10.6. The lowest BCUT2D eigenvalue weighted by Gasteiger charge is -2.22. The van der Waals surface area contributed by atoms with E-state index in [1.165, 1.54) is 7.11 Å². The number of nitrogens with one attached hydrogen (secondary N) is 1. The lowest BCUT2D eigenvalue weighted by Crippen LogP contribution is -2.45. The number of hydrogen-bond donors (Lipinski definition) is 1. The van der Waals surface area contributed by atoms with Gasteiger partial charge in [-0.3, -0.25) is 0 Å². The number of halogens is 2. The van der Waals surface area contributed by atoms with Crippen LogP contribution in [0, 0.1) is 0 Å². The zero-order valence-electron chi connectivity index (χ0n) is 13.6. The number of carbonyl (C=O) groups excluding carboxylic acids is 2. The van der Waals surface area contributed by atoms with E-state index >= 15 is 0 Å². The molecule has 0 heterocycles. The summed E-state index contributed by atoms with van der Waals surface area (Å²) in [4.78, 5) is 23.7. The largest absolute Gasteiger partial charge is 0.467 e. The molecule has 23 heavy (non-hydrogen) atoms. The molecule has 0 bridgehead atoms. The van der Waals surface area contributed by atoms with Crippen LogP contribution >= 0.6 is 15.9 Å². The Hall–Kier alpha value is -1.63. The van der Waals surface area contributed by atoms with Crippen molar-refractivity contribution in [2.45, 2.75) is 45.5 Å². The average molecular weight is 390 g/mol. The quantitative estimate of drug-likeness (QED) is 0.782. The van der Waals surface area contributed by atoms with Crippen molar-refractivity contribution in [1.82, 2.24) is 5.32 Å². The van der Waals surface area contributed by atoms with E-state index in [4.69, 9.17) is 9.47 Å². The standard InChI is InChI=1S/C16H21BrFNO4/c1-16(2,3)23-15(21)19-13(14(20)22-4)8-10-5-11(9-18)7-12(17)6-10/h5-7,13H,8-9H2,1-4H3,(H,19,21)/t13-/m0/s1. The van der Waals surface area contributed by atoms with Gasteiger partial charge in [-0.25, -0.2) is 14.0 Å². The minimum Gasteiger partial charge on any atom is -0.467 e. The number of ether oxygens (including phenoxy) is 2. The van der Waals surface area contributed by atoms with Crippen LogP contribution < -0.4 is 5.32 Å². The van der Waals surface area contributed by atoms with Gasteiger partial charge >= 0.3 is 12.1 Å². The summed E-state index contributed by atoms with van der Waals surface area (Å²) in [5.74, 6) is -0.599. The Labute approximate surface area is 143 Å². The fourth-order valence-corrected chi connectivity index (χ4v) is 2.52. The van der Waals surface area contributed by atoms with Crippen LogP contribution in [0.1, 0.15) is 31.9 Å². The molecule has 1 rings (SSSR count). The minimum atomic E-state index is -0.920. The van der Waals surface area contributed by atoms with Crippen molar-refractivity contribution < 1.29 is 23.5 Å². The first-order valence-electron chi connectivity index (χ1n) is 7.06. The molecule has 1 aromatic rings. The Kier molecular flexibility index (Phi) is 7.00. The van der Waals surface area contributed by atoms with Crippen LogP contribution in [-0.4, -0.2) is 30.8 Å². The first-order valence-corrected chi connectivity index (χ1v) is 7.85. The van der Waals surface area contributed by atoms with Gasteiger partial charge < -0.3 is 14.8 Å². The van der Waals surface area contributed by atoms with Crippen LogP contribution in [-0.2, 0) is 27.4 Å². The summed E-state index contributed by atoms with van der Waals surface area (Å²) in [6.45, 7) is 4.56. The molecule has 0 fully saturated rings. The maximum Gasteiger partial charge on any atom is 0.408 e. The smallest absolute Gasteiger partial charge is 0.408 e. The van der Waals surface area contributed by atoms with Gasteiger partial charge in [0.05, 0.1) is 7.11 Å². The summed E-state index contributed by atoms with van der Waals surface area (Å²) in [5.41, 5.74) is 0.496. The predicted octanol–water partition coefficient (Wildman–Crippen LogP) is 3.53. The molecule has 0 radical (unpaired) electrons. The number of methoxy groups -OCH3 is 1. The monoisotopic (exact) mass is 389 g/mol. The normalized spacial score (nSPS) is 12.4. The molecule has 0 aliphatic carbocycles. The molecule has 128 valence electrons. The van der Waals surface area contributed by atoms with Crippen LogP contribution in [0.2, 0.25) is 0 Å². The van der Waals surface area contributed by atoms with Gasteiger partial charge in [0.25, 0.3) is 0 Å². The van der Waals surface area contributed by atoms with E-state index < -0.39 is 30.4 Å². The molecule has 7 heteroatoms. The van der Waals surface area contributed by atoms with E-state index in [0.717, 1.165) is 0 Å². The van der Waals surface area contributed by atoms with Gasteiger partial charge in [0.2, 0.25) is 0 Å². The summed E-state index contributed by atoms with van der Waals surface area (Å²) in [6.07, 6.45) is -0.549. The SMILES string of the molecule is COC(=O)[C@H](Cc1cc(Br)cc(CF)c1)NC(=O)OC(C)(C)C. The van der Waals surface area contributed by atoms with Gasteiger partial charge in [-0.05, 0) is 44.0 Å². The van der Waals surface area contributed by atoms with Crippen LogP contribution in [0.15, 0.2) is 22.7 Å². The lowest BCUT2D eigenvalue weighted by molar-refractivity contribution is -0.143. The Morgan fingerprint density at radius 2 is 1.87 bits per heavy atom. The number of rotatable bonds is 5. The first kappa shape index (κ1) is 19.4. The molecule has 1 N–H and O–H groups in total. The molecule has 1 atom stereocenters. The highest BCUT2D eigenvalue weighted by atomic mass is 79.9. The van der Waals surface area contributed by atoms with Crippen LogP contribution in [0.5, 0.6) is 0 Å². The molecule has 0 spiro atoms. The van der Waals surface area contributed by atoms with E-state index in [0.29, 0.717) is 15.6 Å². The van der Waals surface area contributed by atoms with Gasteiger partial charge in [-0.1, -0.05) is 22.0 Å². The van der Waals surface area contributed by atoms with E-state index in [1.54, 1.807) is 39.0 Å². The summed E-state index contributed by atoms with van der Waals surface area (Å²) in [5, 5.41) is 2.48. The molecular formula is C16H21BrFNO4. The average Bonchev–Trinajstić information content (AvgIpc) is 2.43. The van der Waals surface area contributed by atoms with Gasteiger partial charge in [0.15, 0.2) is 0 Å². The van der Waals surface area contributed by atoms with Crippen LogP contribution in [0.4, 0.5) is 9.18 Å². The number of amides is 1. The summed E-state index contributed by atoms with van der Waals surface area (Å²) in [7, 11) is 1.24. The van der Waals surface area contributed by atoms with E-state index in [9.17, 15) is 14.0 Å². The van der Waals surface area contributed by atoms with E-state index in [2.05, 4.69) is 21.2 Å². The van der Waals surface area contributed by atoms with Crippen molar-refractivity contribution in [2.24, 2.45) is 0 Å². The molecule has 0 saturated heterocycles. The second kappa shape index (κ2) is 8.29. The number of alkyl halides is 1. The molecule has 0 aromatic heterocycles. The van der Waals surface area contributed by atoms with Gasteiger partial charge in [0.1, 0.15) is 18.3 Å². The second-order valence-corrected chi connectivity index (χ2v) is 6.94. The number of esters is 1. The Morgan fingerprint density at radius 1 is 1.26 bits per heavy atom. The topological polar surface area (TPSA) is 64.6 Å². The van der Waals surface area contributed by atoms with Crippen LogP contribution in [0.25, 0.3) is 0 Å². The molecular weight excluding hydrogens is 369 g/mol. The van der Waals surface area contributed by atoms with Crippen molar-refractivity contribution in [3.8, 4) is 0 Å². The van der Waals surface area contributed by atoms with E-state index in [1.807, 2.05) is 0 Å². The number of alkyl carbamates (subject to hydrolysis) is 1. The van der Waals surface area contributed by atoms with Crippen molar-refractivity contribution in [1.29, 1.82) is 0 Å². The lowest BCUT2D eigenvalue weighted by atomic mass is 10.0. The highest BCUT2D eigenvalue weighted by Crippen LogP contribution is 2.18. The maximum atomic E-state index is 12.8. The number of hydrogen-bond acceptors (Lipinski definition) is 4. The molecule has 1 amide bonds. The summed E-state index contributed by atoms with van der Waals surface area (Å²) >= 11 is 3.29. The Balaban J connectivity index is 2.89. The third-order valence-electron chi connectivity index (χ3n) is 2.79. The fourth-order valence-electron chi connectivity index (χ4n) is 1.93. The summed E-state index contributed by atoms with van der Waals surface area (Å²) < 4.78 is 23.4. The fraction of sp³-hybridized carbons (Fsp3) is 0.500. The molecule has 0 aliphatic heterocycles. The molecule has 0 unspecified atom stereocenters. The zero-order chi connectivity index (χ0) is 17.6. The second-order valence-electron chi connectivity index (χ2n) is 6.03. The predicted molar refractivity (Wildman–Crippen MR) is 87.8 cm³/mol. The Morgan fingerprint density at radius 3 is 2.39 bits per heavy atom. The van der Waals surface area contributed by atoms with Gasteiger partial charge in [0, 0.05) is 10.9 Å². The highest BCUT2D eigenvalue weighted by Gasteiger charge is 2.25. The molecule has 5 nitrogen and oxygen atoms in total. The van der Waals surface area contributed by atoms with Gasteiger partial charge in [-0.2, -0.15) is 0 Å². The van der Waals surface area contributed by atoms with Crippen molar-refractivity contribution in [3.05, 3.63) is 33.8 Å².